The fraction of sp³-hybridized carbons (Fsp3) is 0.400. The lowest BCUT2D eigenvalue weighted by atomic mass is 10.0. The molecule has 3 nitrogen and oxygen atoms in total. The van der Waals surface area contributed by atoms with Gasteiger partial charge in [0.25, 0.3) is 0 Å². The van der Waals surface area contributed by atoms with Crippen LogP contribution in [0.5, 0.6) is 5.88 Å². The first-order chi connectivity index (χ1) is 6.54. The minimum Gasteiger partial charge on any atom is -0.481 e. The average Bonchev–Trinajstić information content (AvgIpc) is 2.15. The van der Waals surface area contributed by atoms with Crippen molar-refractivity contribution >= 4 is 17.4 Å². The summed E-state index contributed by atoms with van der Waals surface area (Å²) in [5.74, 6) is 0.340. The SMILES string of the molecule is COc1cc(C(=O)C(C)C)cc(Cl)n1. The lowest BCUT2D eigenvalue weighted by Crippen LogP contribution is -2.08. The van der Waals surface area contributed by atoms with E-state index in [-0.39, 0.29) is 16.9 Å². The number of carbonyl (C=O) groups excluding carboxylic acids is 1. The quantitative estimate of drug-likeness (QED) is 0.572. The molecule has 0 bridgehead atoms. The zero-order chi connectivity index (χ0) is 10.7. The second-order valence-electron chi connectivity index (χ2n) is 3.24. The lowest BCUT2D eigenvalue weighted by Gasteiger charge is -2.06. The largest absolute Gasteiger partial charge is 0.481 e. The first kappa shape index (κ1) is 11.0. The van der Waals surface area contributed by atoms with Crippen molar-refractivity contribution in [3.8, 4) is 5.88 Å². The van der Waals surface area contributed by atoms with Gasteiger partial charge in [-0.3, -0.25) is 4.79 Å². The van der Waals surface area contributed by atoms with Gasteiger partial charge in [-0.1, -0.05) is 25.4 Å². The van der Waals surface area contributed by atoms with Gasteiger partial charge in [0.15, 0.2) is 5.78 Å². The molecule has 0 aromatic carbocycles. The van der Waals surface area contributed by atoms with Crippen molar-refractivity contribution in [2.45, 2.75) is 13.8 Å². The van der Waals surface area contributed by atoms with E-state index in [1.54, 1.807) is 12.1 Å². The molecule has 1 heterocycles. The maximum absolute atomic E-state index is 11.6. The fourth-order valence-electron chi connectivity index (χ4n) is 1.05. The van der Waals surface area contributed by atoms with Crippen LogP contribution < -0.4 is 4.74 Å². The summed E-state index contributed by atoms with van der Waals surface area (Å²) in [5, 5.41) is 0.272. The molecule has 0 saturated carbocycles. The van der Waals surface area contributed by atoms with Crippen molar-refractivity contribution in [2.75, 3.05) is 7.11 Å². The van der Waals surface area contributed by atoms with Gasteiger partial charge < -0.3 is 4.74 Å². The average molecular weight is 214 g/mol. The van der Waals surface area contributed by atoms with Gasteiger partial charge in [0, 0.05) is 17.5 Å². The number of ether oxygens (including phenoxy) is 1. The Kier molecular flexibility index (Phi) is 3.47. The molecular formula is C10H12ClNO2. The number of hydrogen-bond donors (Lipinski definition) is 0. The van der Waals surface area contributed by atoms with E-state index in [1.807, 2.05) is 13.8 Å². The molecule has 0 spiro atoms. The van der Waals surface area contributed by atoms with Gasteiger partial charge in [0.2, 0.25) is 5.88 Å². The van der Waals surface area contributed by atoms with Crippen LogP contribution in [-0.4, -0.2) is 17.9 Å². The number of halogens is 1. The highest BCUT2D eigenvalue weighted by Crippen LogP contribution is 2.18. The number of ketones is 1. The number of carbonyl (C=O) groups is 1. The molecule has 0 aliphatic rings. The number of pyridine rings is 1. The van der Waals surface area contributed by atoms with E-state index in [2.05, 4.69) is 4.98 Å². The summed E-state index contributed by atoms with van der Waals surface area (Å²) in [5.41, 5.74) is 0.539. The van der Waals surface area contributed by atoms with Gasteiger partial charge in [0.1, 0.15) is 5.15 Å². The van der Waals surface area contributed by atoms with Gasteiger partial charge in [-0.15, -0.1) is 0 Å². The summed E-state index contributed by atoms with van der Waals surface area (Å²) in [6.45, 7) is 3.67. The summed E-state index contributed by atoms with van der Waals surface area (Å²) in [6, 6.07) is 3.14. The zero-order valence-corrected chi connectivity index (χ0v) is 9.13. The van der Waals surface area contributed by atoms with Crippen LogP contribution in [0.2, 0.25) is 5.15 Å². The summed E-state index contributed by atoms with van der Waals surface area (Å²) < 4.78 is 4.92. The highest BCUT2D eigenvalue weighted by molar-refractivity contribution is 6.29. The number of methoxy groups -OCH3 is 1. The van der Waals surface area contributed by atoms with Crippen LogP contribution in [0.15, 0.2) is 12.1 Å². The third-order valence-corrected chi connectivity index (χ3v) is 1.98. The van der Waals surface area contributed by atoms with Crippen LogP contribution in [0, 0.1) is 5.92 Å². The fourth-order valence-corrected chi connectivity index (χ4v) is 1.25. The highest BCUT2D eigenvalue weighted by atomic mass is 35.5. The Morgan fingerprint density at radius 1 is 1.50 bits per heavy atom. The molecule has 1 aromatic rings. The predicted molar refractivity (Wildman–Crippen MR) is 55.0 cm³/mol. The van der Waals surface area contributed by atoms with Gasteiger partial charge in [-0.05, 0) is 6.07 Å². The molecule has 0 atom stereocenters. The Morgan fingerprint density at radius 2 is 2.14 bits per heavy atom. The van der Waals surface area contributed by atoms with Crippen LogP contribution in [0.25, 0.3) is 0 Å². The first-order valence-electron chi connectivity index (χ1n) is 4.30. The molecule has 0 N–H and O–H groups in total. The molecule has 1 rings (SSSR count). The maximum atomic E-state index is 11.6. The molecule has 1 aromatic heterocycles. The van der Waals surface area contributed by atoms with Crippen LogP contribution in [0.3, 0.4) is 0 Å². The van der Waals surface area contributed by atoms with E-state index in [1.165, 1.54) is 7.11 Å². The Labute approximate surface area is 88.1 Å². The monoisotopic (exact) mass is 213 g/mol. The Bertz CT molecular complexity index is 350. The molecular weight excluding hydrogens is 202 g/mol. The molecule has 4 heteroatoms. The van der Waals surface area contributed by atoms with Crippen LogP contribution in [0.4, 0.5) is 0 Å². The highest BCUT2D eigenvalue weighted by Gasteiger charge is 2.12. The van der Waals surface area contributed by atoms with Crippen LogP contribution >= 0.6 is 11.6 Å². The van der Waals surface area contributed by atoms with Crippen molar-refractivity contribution in [3.63, 3.8) is 0 Å². The van der Waals surface area contributed by atoms with Gasteiger partial charge in [0.05, 0.1) is 7.11 Å². The molecule has 0 radical (unpaired) electrons. The molecule has 0 unspecified atom stereocenters. The van der Waals surface area contributed by atoms with Gasteiger partial charge >= 0.3 is 0 Å². The minimum absolute atomic E-state index is 0.0348. The predicted octanol–water partition coefficient (Wildman–Crippen LogP) is 2.58. The zero-order valence-electron chi connectivity index (χ0n) is 8.37. The molecule has 0 aliphatic carbocycles. The molecule has 0 amide bonds. The summed E-state index contributed by atoms with van der Waals surface area (Å²) in [7, 11) is 1.49. The van der Waals surface area contributed by atoms with E-state index in [0.29, 0.717) is 11.4 Å². The third kappa shape index (κ3) is 2.45. The Hall–Kier alpha value is -1.09. The second kappa shape index (κ2) is 4.42. The maximum Gasteiger partial charge on any atom is 0.215 e. The van der Waals surface area contributed by atoms with Gasteiger partial charge in [-0.25, -0.2) is 4.98 Å². The Balaban J connectivity index is 3.09. The molecule has 0 aliphatic heterocycles. The van der Waals surface area contributed by atoms with E-state index < -0.39 is 0 Å². The van der Waals surface area contributed by atoms with Crippen molar-refractivity contribution in [1.29, 1.82) is 0 Å². The van der Waals surface area contributed by atoms with Crippen molar-refractivity contribution in [3.05, 3.63) is 22.8 Å². The normalized spacial score (nSPS) is 10.4. The number of nitrogens with zero attached hydrogens (tertiary/aromatic N) is 1. The van der Waals surface area contributed by atoms with Crippen LogP contribution in [0.1, 0.15) is 24.2 Å². The van der Waals surface area contributed by atoms with Crippen molar-refractivity contribution in [1.82, 2.24) is 4.98 Å². The first-order valence-corrected chi connectivity index (χ1v) is 4.68. The van der Waals surface area contributed by atoms with E-state index in [4.69, 9.17) is 16.3 Å². The summed E-state index contributed by atoms with van der Waals surface area (Å²) in [6.07, 6.45) is 0. The van der Waals surface area contributed by atoms with E-state index >= 15 is 0 Å². The van der Waals surface area contributed by atoms with Crippen molar-refractivity contribution < 1.29 is 9.53 Å². The van der Waals surface area contributed by atoms with Gasteiger partial charge in [-0.2, -0.15) is 0 Å². The van der Waals surface area contributed by atoms with Crippen LogP contribution in [-0.2, 0) is 0 Å². The summed E-state index contributed by atoms with van der Waals surface area (Å²) in [4.78, 5) is 15.5. The molecule has 0 saturated heterocycles. The minimum atomic E-state index is -0.0572. The molecule has 14 heavy (non-hydrogen) atoms. The molecule has 76 valence electrons. The standard InChI is InChI=1S/C10H12ClNO2/c1-6(2)10(13)7-4-8(11)12-9(5-7)14-3/h4-6H,1-3H3. The number of aromatic nitrogens is 1. The van der Waals surface area contributed by atoms with Crippen molar-refractivity contribution in [2.24, 2.45) is 5.92 Å². The summed E-state index contributed by atoms with van der Waals surface area (Å²) >= 11 is 5.73. The van der Waals surface area contributed by atoms with E-state index in [0.717, 1.165) is 0 Å². The number of Topliss-reactive ketones (excluding diaryl/α,β-unsaturated/α-hetero) is 1. The molecule has 0 fully saturated rings. The number of hydrogen-bond acceptors (Lipinski definition) is 3. The smallest absolute Gasteiger partial charge is 0.215 e. The topological polar surface area (TPSA) is 39.2 Å². The van der Waals surface area contributed by atoms with E-state index in [9.17, 15) is 4.79 Å². The lowest BCUT2D eigenvalue weighted by molar-refractivity contribution is 0.0939. The second-order valence-corrected chi connectivity index (χ2v) is 3.63. The number of rotatable bonds is 3. The Morgan fingerprint density at radius 3 is 2.64 bits per heavy atom. The third-order valence-electron chi connectivity index (χ3n) is 1.79.